The monoisotopic (exact) mass is 259 g/mol. The summed E-state index contributed by atoms with van der Waals surface area (Å²) in [7, 11) is 1.67. The van der Waals surface area contributed by atoms with Crippen LogP contribution < -0.4 is 4.74 Å². The number of hydrogen-bond donors (Lipinski definition) is 0. The van der Waals surface area contributed by atoms with Crippen LogP contribution in [0.25, 0.3) is 0 Å². The molecule has 0 bridgehead atoms. The van der Waals surface area contributed by atoms with Crippen LogP contribution >= 0.6 is 0 Å². The van der Waals surface area contributed by atoms with Gasteiger partial charge in [-0.2, -0.15) is 0 Å². The highest BCUT2D eigenvalue weighted by atomic mass is 16.5. The van der Waals surface area contributed by atoms with Crippen molar-refractivity contribution in [3.8, 4) is 5.75 Å². The Morgan fingerprint density at radius 3 is 2.53 bits per heavy atom. The third-order valence-electron chi connectivity index (χ3n) is 3.03. The predicted octanol–water partition coefficient (Wildman–Crippen LogP) is 5.17. The molecule has 0 saturated carbocycles. The molecule has 2 heteroatoms. The number of benzene rings is 1. The van der Waals surface area contributed by atoms with Crippen LogP contribution in [0.4, 0.5) is 5.69 Å². The molecule has 0 N–H and O–H groups in total. The Balaban J connectivity index is 2.34. The molecule has 0 fully saturated rings. The van der Waals surface area contributed by atoms with Crippen LogP contribution in [-0.4, -0.2) is 13.3 Å². The van der Waals surface area contributed by atoms with Crippen molar-refractivity contribution in [1.29, 1.82) is 0 Å². The van der Waals surface area contributed by atoms with Gasteiger partial charge in [-0.3, -0.25) is 4.99 Å². The van der Waals surface area contributed by atoms with E-state index >= 15 is 0 Å². The van der Waals surface area contributed by atoms with Gasteiger partial charge in [0.2, 0.25) is 0 Å². The van der Waals surface area contributed by atoms with Gasteiger partial charge < -0.3 is 4.74 Å². The zero-order chi connectivity index (χ0) is 14.1. The molecule has 1 unspecified atom stereocenters. The second-order valence-electron chi connectivity index (χ2n) is 5.21. The number of aliphatic imine (C=N–C) groups is 1. The van der Waals surface area contributed by atoms with Crippen molar-refractivity contribution in [2.45, 2.75) is 40.0 Å². The smallest absolute Gasteiger partial charge is 0.119 e. The molecule has 1 atom stereocenters. The summed E-state index contributed by atoms with van der Waals surface area (Å²) in [6, 6.07) is 7.82. The fourth-order valence-corrected chi connectivity index (χ4v) is 1.78. The van der Waals surface area contributed by atoms with Gasteiger partial charge in [-0.15, -0.1) is 0 Å². The lowest BCUT2D eigenvalue weighted by atomic mass is 10.0. The lowest BCUT2D eigenvalue weighted by Gasteiger charge is -2.06. The molecule has 0 aliphatic rings. The molecule has 1 rings (SSSR count). The minimum atomic E-state index is 0.678. The molecule has 1 aromatic rings. The summed E-state index contributed by atoms with van der Waals surface area (Å²) in [6.07, 6.45) is 7.74. The van der Waals surface area contributed by atoms with E-state index in [1.165, 1.54) is 18.4 Å². The van der Waals surface area contributed by atoms with Gasteiger partial charge in [-0.05, 0) is 63.3 Å². The normalized spacial score (nSPS) is 12.4. The maximum Gasteiger partial charge on any atom is 0.119 e. The van der Waals surface area contributed by atoms with Gasteiger partial charge in [0.15, 0.2) is 0 Å². The first-order valence-corrected chi connectivity index (χ1v) is 6.91. The maximum atomic E-state index is 5.12. The van der Waals surface area contributed by atoms with Crippen molar-refractivity contribution in [2.75, 3.05) is 7.11 Å². The van der Waals surface area contributed by atoms with Crippen LogP contribution in [0.5, 0.6) is 5.75 Å². The van der Waals surface area contributed by atoms with Gasteiger partial charge in [-0.25, -0.2) is 0 Å². The Morgan fingerprint density at radius 1 is 1.26 bits per heavy atom. The minimum Gasteiger partial charge on any atom is -0.497 e. The van der Waals surface area contributed by atoms with E-state index in [-0.39, 0.29) is 0 Å². The fraction of sp³-hybridized carbons (Fsp3) is 0.471. The Hall–Kier alpha value is -1.57. The molecule has 1 aromatic carbocycles. The van der Waals surface area contributed by atoms with Crippen molar-refractivity contribution in [1.82, 2.24) is 0 Å². The quantitative estimate of drug-likeness (QED) is 0.489. The van der Waals surface area contributed by atoms with Crippen molar-refractivity contribution in [3.63, 3.8) is 0 Å². The summed E-state index contributed by atoms with van der Waals surface area (Å²) in [5.74, 6) is 1.55. The number of hydrogen-bond acceptors (Lipinski definition) is 2. The average molecular weight is 259 g/mol. The first kappa shape index (κ1) is 15.5. The summed E-state index contributed by atoms with van der Waals surface area (Å²) in [6.45, 7) is 6.57. The lowest BCUT2D eigenvalue weighted by molar-refractivity contribution is 0.415. The lowest BCUT2D eigenvalue weighted by Crippen LogP contribution is -1.94. The van der Waals surface area contributed by atoms with Crippen LogP contribution in [0.15, 0.2) is 40.9 Å². The van der Waals surface area contributed by atoms with Gasteiger partial charge in [0.1, 0.15) is 5.75 Å². The fourth-order valence-electron chi connectivity index (χ4n) is 1.78. The van der Waals surface area contributed by atoms with Gasteiger partial charge >= 0.3 is 0 Å². The van der Waals surface area contributed by atoms with Gasteiger partial charge in [-0.1, -0.05) is 18.6 Å². The van der Waals surface area contributed by atoms with E-state index < -0.39 is 0 Å². The largest absolute Gasteiger partial charge is 0.497 e. The average Bonchev–Trinajstić information content (AvgIpc) is 2.39. The molecule has 0 aliphatic carbocycles. The Kier molecular flexibility index (Phi) is 6.94. The van der Waals surface area contributed by atoms with Crippen LogP contribution in [0.3, 0.4) is 0 Å². The van der Waals surface area contributed by atoms with E-state index in [1.54, 1.807) is 7.11 Å². The molecule has 0 amide bonds. The zero-order valence-corrected chi connectivity index (χ0v) is 12.5. The molecule has 0 saturated heterocycles. The van der Waals surface area contributed by atoms with Crippen molar-refractivity contribution in [2.24, 2.45) is 10.9 Å². The first-order valence-electron chi connectivity index (χ1n) is 6.91. The molecule has 104 valence electrons. The van der Waals surface area contributed by atoms with Crippen molar-refractivity contribution < 1.29 is 4.74 Å². The molecule has 2 nitrogen and oxygen atoms in total. The molecule has 0 aromatic heterocycles. The Morgan fingerprint density at radius 2 is 1.95 bits per heavy atom. The van der Waals surface area contributed by atoms with E-state index in [2.05, 4.69) is 31.8 Å². The Bertz CT molecular complexity index is 413. The van der Waals surface area contributed by atoms with E-state index in [1.807, 2.05) is 30.5 Å². The summed E-state index contributed by atoms with van der Waals surface area (Å²) < 4.78 is 5.12. The summed E-state index contributed by atoms with van der Waals surface area (Å²) in [5, 5.41) is 0. The van der Waals surface area contributed by atoms with Crippen LogP contribution in [-0.2, 0) is 0 Å². The first-order chi connectivity index (χ1) is 9.11. The second kappa shape index (κ2) is 8.52. The zero-order valence-electron chi connectivity index (χ0n) is 12.5. The second-order valence-corrected chi connectivity index (χ2v) is 5.21. The number of nitrogens with zero attached hydrogens (tertiary/aromatic N) is 1. The van der Waals surface area contributed by atoms with Gasteiger partial charge in [0, 0.05) is 6.21 Å². The SMILES string of the molecule is COc1ccc(N=CCC(C)CCC=C(C)C)cc1. The van der Waals surface area contributed by atoms with Gasteiger partial charge in [0.25, 0.3) is 0 Å². The van der Waals surface area contributed by atoms with Crippen molar-refractivity contribution >= 4 is 11.9 Å². The molecule has 0 heterocycles. The van der Waals surface area contributed by atoms with Crippen molar-refractivity contribution in [3.05, 3.63) is 35.9 Å². The van der Waals surface area contributed by atoms with Crippen LogP contribution in [0.2, 0.25) is 0 Å². The van der Waals surface area contributed by atoms with E-state index in [9.17, 15) is 0 Å². The van der Waals surface area contributed by atoms with Crippen LogP contribution in [0.1, 0.15) is 40.0 Å². The standard InChI is InChI=1S/C17H25NO/c1-14(2)6-5-7-15(3)12-13-18-16-8-10-17(19-4)11-9-16/h6,8-11,13,15H,5,7,12H2,1-4H3. The van der Waals surface area contributed by atoms with Crippen LogP contribution in [0, 0.1) is 5.92 Å². The molecular weight excluding hydrogens is 234 g/mol. The molecule has 0 radical (unpaired) electrons. The highest BCUT2D eigenvalue weighted by Crippen LogP contribution is 2.18. The summed E-state index contributed by atoms with van der Waals surface area (Å²) in [5.41, 5.74) is 2.39. The van der Waals surface area contributed by atoms with Gasteiger partial charge in [0.05, 0.1) is 12.8 Å². The van der Waals surface area contributed by atoms with E-state index in [4.69, 9.17) is 4.74 Å². The molecule has 0 aliphatic heterocycles. The van der Waals surface area contributed by atoms with E-state index in [0.29, 0.717) is 5.92 Å². The Labute approximate surface area is 117 Å². The third kappa shape index (κ3) is 6.80. The number of allylic oxidation sites excluding steroid dienone is 2. The van der Waals surface area contributed by atoms with E-state index in [0.717, 1.165) is 17.9 Å². The highest BCUT2D eigenvalue weighted by Gasteiger charge is 1.98. The predicted molar refractivity (Wildman–Crippen MR) is 83.6 cm³/mol. The number of methoxy groups -OCH3 is 1. The topological polar surface area (TPSA) is 21.6 Å². The highest BCUT2D eigenvalue weighted by molar-refractivity contribution is 5.63. The molecule has 0 spiro atoms. The number of ether oxygens (including phenoxy) is 1. The molecule has 19 heavy (non-hydrogen) atoms. The minimum absolute atomic E-state index is 0.678. The molecular formula is C17H25NO. The summed E-state index contributed by atoms with van der Waals surface area (Å²) in [4.78, 5) is 4.47. The summed E-state index contributed by atoms with van der Waals surface area (Å²) >= 11 is 0. The maximum absolute atomic E-state index is 5.12. The third-order valence-corrected chi connectivity index (χ3v) is 3.03. The number of rotatable bonds is 7.